The summed E-state index contributed by atoms with van der Waals surface area (Å²) in [5, 5.41) is 5.48. The van der Waals surface area contributed by atoms with E-state index in [9.17, 15) is 4.79 Å². The number of aromatic nitrogens is 2. The van der Waals surface area contributed by atoms with Crippen molar-refractivity contribution in [3.8, 4) is 11.5 Å². The number of fused-ring (bicyclic) bond motifs is 1. The SMILES string of the molecule is CCOc1cc(OC2CCOCC2)cc2ncnc(Nc3ccc(CC(=O)CN(N)/C=C(\N)C(C)C)cc3)c12. The maximum atomic E-state index is 12.5. The molecule has 0 saturated carbocycles. The van der Waals surface area contributed by atoms with E-state index in [1.165, 1.54) is 11.3 Å². The Morgan fingerprint density at radius 1 is 1.21 bits per heavy atom. The molecule has 2 aromatic carbocycles. The van der Waals surface area contributed by atoms with Gasteiger partial charge in [0.25, 0.3) is 0 Å². The topological polar surface area (TPSA) is 138 Å². The summed E-state index contributed by atoms with van der Waals surface area (Å²) < 4.78 is 17.6. The third-order valence-electron chi connectivity index (χ3n) is 6.40. The van der Waals surface area contributed by atoms with E-state index in [4.69, 9.17) is 25.8 Å². The fraction of sp³-hybridized carbons (Fsp3) is 0.414. The highest BCUT2D eigenvalue weighted by Gasteiger charge is 2.18. The predicted octanol–water partition coefficient (Wildman–Crippen LogP) is 4.07. The molecule has 0 radical (unpaired) electrons. The van der Waals surface area contributed by atoms with E-state index < -0.39 is 0 Å². The number of rotatable bonds is 12. The number of Topliss-reactive ketones (excluding diaryl/α,β-unsaturated/α-hetero) is 1. The van der Waals surface area contributed by atoms with E-state index in [0.717, 1.165) is 40.7 Å². The molecule has 5 N–H and O–H groups in total. The van der Waals surface area contributed by atoms with E-state index >= 15 is 0 Å². The van der Waals surface area contributed by atoms with Crippen molar-refractivity contribution in [2.75, 3.05) is 31.7 Å². The summed E-state index contributed by atoms with van der Waals surface area (Å²) in [5.74, 6) is 8.07. The lowest BCUT2D eigenvalue weighted by molar-refractivity contribution is -0.119. The molecular formula is C29H38N6O4. The molecule has 0 atom stereocenters. The number of anilines is 2. The average Bonchev–Trinajstić information content (AvgIpc) is 2.90. The Bertz CT molecular complexity index is 1290. The van der Waals surface area contributed by atoms with Crippen molar-refractivity contribution < 1.29 is 19.0 Å². The van der Waals surface area contributed by atoms with Crippen LogP contribution in [-0.2, 0) is 16.0 Å². The lowest BCUT2D eigenvalue weighted by Crippen LogP contribution is -2.33. The van der Waals surface area contributed by atoms with Gasteiger partial charge in [0.2, 0.25) is 0 Å². The van der Waals surface area contributed by atoms with Crippen LogP contribution in [0.5, 0.6) is 11.5 Å². The highest BCUT2D eigenvalue weighted by atomic mass is 16.5. The standard InChI is InChI=1S/C29H38N6O4/c1-4-38-27-15-24(39-23-9-11-37-12-10-23)14-26-28(27)29(33-18-32-26)34-21-7-5-20(6-8-21)13-22(36)16-35(31)17-25(30)19(2)3/h5-8,14-15,17-19,23H,4,9-13,16,30-31H2,1-3H3,(H,32,33,34)/b25-17-. The summed E-state index contributed by atoms with van der Waals surface area (Å²) >= 11 is 0. The highest BCUT2D eigenvalue weighted by Crippen LogP contribution is 2.36. The molecule has 0 amide bonds. The Morgan fingerprint density at radius 3 is 2.64 bits per heavy atom. The monoisotopic (exact) mass is 534 g/mol. The van der Waals surface area contributed by atoms with Crippen molar-refractivity contribution in [3.63, 3.8) is 0 Å². The second kappa shape index (κ2) is 13.3. The minimum atomic E-state index is -0.00654. The molecule has 1 aliphatic heterocycles. The maximum Gasteiger partial charge on any atom is 0.158 e. The zero-order valence-electron chi connectivity index (χ0n) is 22.9. The van der Waals surface area contributed by atoms with Crippen molar-refractivity contribution in [1.82, 2.24) is 15.0 Å². The summed E-state index contributed by atoms with van der Waals surface area (Å²) in [6, 6.07) is 11.5. The minimum Gasteiger partial charge on any atom is -0.493 e. The van der Waals surface area contributed by atoms with Gasteiger partial charge in [-0.2, -0.15) is 0 Å². The van der Waals surface area contributed by atoms with Crippen LogP contribution in [0.15, 0.2) is 54.6 Å². The van der Waals surface area contributed by atoms with Crippen molar-refractivity contribution in [2.45, 2.75) is 46.1 Å². The number of carbonyl (C=O) groups excluding carboxylic acids is 1. The van der Waals surface area contributed by atoms with Crippen LogP contribution in [0.1, 0.15) is 39.2 Å². The Hall–Kier alpha value is -3.89. The van der Waals surface area contributed by atoms with Crippen LogP contribution >= 0.6 is 0 Å². The molecule has 3 aromatic rings. The minimum absolute atomic E-state index is 0.00654. The van der Waals surface area contributed by atoms with E-state index in [1.54, 1.807) is 6.20 Å². The molecule has 0 aliphatic carbocycles. The van der Waals surface area contributed by atoms with E-state index in [2.05, 4.69) is 15.3 Å². The zero-order valence-corrected chi connectivity index (χ0v) is 22.9. The summed E-state index contributed by atoms with van der Waals surface area (Å²) in [6.45, 7) is 7.87. The van der Waals surface area contributed by atoms with Gasteiger partial charge in [0.05, 0.1) is 37.3 Å². The number of hydrazine groups is 1. The van der Waals surface area contributed by atoms with Gasteiger partial charge in [-0.25, -0.2) is 15.8 Å². The number of ketones is 1. The summed E-state index contributed by atoms with van der Waals surface area (Å²) in [6.07, 6.45) is 5.22. The fourth-order valence-corrected chi connectivity index (χ4v) is 4.26. The zero-order chi connectivity index (χ0) is 27.8. The molecule has 208 valence electrons. The van der Waals surface area contributed by atoms with Gasteiger partial charge in [-0.05, 0) is 30.5 Å². The number of hydrogen-bond donors (Lipinski definition) is 3. The molecule has 2 heterocycles. The molecule has 1 aliphatic rings. The molecule has 10 heteroatoms. The van der Waals surface area contributed by atoms with Crippen LogP contribution in [0.25, 0.3) is 10.9 Å². The third kappa shape index (κ3) is 7.81. The second-order valence-corrected chi connectivity index (χ2v) is 9.89. The number of nitrogens with one attached hydrogen (secondary N) is 1. The second-order valence-electron chi connectivity index (χ2n) is 9.89. The van der Waals surface area contributed by atoms with Crippen LogP contribution in [0, 0.1) is 5.92 Å². The first-order chi connectivity index (χ1) is 18.8. The molecule has 1 saturated heterocycles. The number of nitrogens with two attached hydrogens (primary N) is 2. The lowest BCUT2D eigenvalue weighted by atomic mass is 10.1. The Kier molecular flexibility index (Phi) is 9.56. The van der Waals surface area contributed by atoms with Gasteiger partial charge in [-0.15, -0.1) is 0 Å². The number of ether oxygens (including phenoxy) is 3. The number of hydrogen-bond acceptors (Lipinski definition) is 10. The van der Waals surface area contributed by atoms with Crippen molar-refractivity contribution in [3.05, 3.63) is 60.2 Å². The smallest absolute Gasteiger partial charge is 0.158 e. The van der Waals surface area contributed by atoms with Gasteiger partial charge in [0, 0.05) is 49.0 Å². The van der Waals surface area contributed by atoms with Crippen LogP contribution in [0.4, 0.5) is 11.5 Å². The largest absolute Gasteiger partial charge is 0.493 e. The molecule has 4 rings (SSSR count). The Labute approximate surface area is 229 Å². The normalized spacial score (nSPS) is 14.4. The van der Waals surface area contributed by atoms with Gasteiger partial charge in [0.1, 0.15) is 29.7 Å². The lowest BCUT2D eigenvalue weighted by Gasteiger charge is -2.24. The quantitative estimate of drug-likeness (QED) is 0.230. The molecule has 1 fully saturated rings. The molecule has 0 spiro atoms. The predicted molar refractivity (Wildman–Crippen MR) is 152 cm³/mol. The summed E-state index contributed by atoms with van der Waals surface area (Å²) in [4.78, 5) is 21.5. The van der Waals surface area contributed by atoms with Gasteiger partial charge in [-0.1, -0.05) is 26.0 Å². The molecule has 10 nitrogen and oxygen atoms in total. The maximum absolute atomic E-state index is 12.5. The Balaban J connectivity index is 1.46. The van der Waals surface area contributed by atoms with Gasteiger partial charge >= 0.3 is 0 Å². The van der Waals surface area contributed by atoms with Gasteiger partial charge < -0.3 is 30.3 Å². The van der Waals surface area contributed by atoms with Crippen molar-refractivity contribution >= 4 is 28.2 Å². The first-order valence-electron chi connectivity index (χ1n) is 13.3. The first kappa shape index (κ1) is 28.1. The molecule has 0 unspecified atom stereocenters. The van der Waals surface area contributed by atoms with Crippen LogP contribution in [-0.4, -0.2) is 53.2 Å². The first-order valence-corrected chi connectivity index (χ1v) is 13.3. The number of carbonyl (C=O) groups is 1. The van der Waals surface area contributed by atoms with E-state index in [-0.39, 0.29) is 30.8 Å². The van der Waals surface area contributed by atoms with Gasteiger partial charge in [-0.3, -0.25) is 4.79 Å². The molecule has 39 heavy (non-hydrogen) atoms. The van der Waals surface area contributed by atoms with Crippen LogP contribution < -0.4 is 26.4 Å². The number of benzene rings is 2. The Morgan fingerprint density at radius 2 is 1.95 bits per heavy atom. The average molecular weight is 535 g/mol. The molecular weight excluding hydrogens is 496 g/mol. The highest BCUT2D eigenvalue weighted by molar-refractivity contribution is 5.96. The molecule has 0 bridgehead atoms. The van der Waals surface area contributed by atoms with Gasteiger partial charge in [0.15, 0.2) is 5.78 Å². The molecule has 1 aromatic heterocycles. The number of nitrogens with zero attached hydrogens (tertiary/aromatic N) is 3. The van der Waals surface area contributed by atoms with E-state index in [0.29, 0.717) is 37.1 Å². The summed E-state index contributed by atoms with van der Waals surface area (Å²) in [5.41, 5.74) is 8.99. The number of allylic oxidation sites excluding steroid dienone is 1. The van der Waals surface area contributed by atoms with Crippen molar-refractivity contribution in [1.29, 1.82) is 0 Å². The van der Waals surface area contributed by atoms with Crippen LogP contribution in [0.3, 0.4) is 0 Å². The van der Waals surface area contributed by atoms with Crippen molar-refractivity contribution in [2.24, 2.45) is 17.5 Å². The van der Waals surface area contributed by atoms with Crippen LogP contribution in [0.2, 0.25) is 0 Å². The van der Waals surface area contributed by atoms with E-state index in [1.807, 2.05) is 57.2 Å². The fourth-order valence-electron chi connectivity index (χ4n) is 4.26. The summed E-state index contributed by atoms with van der Waals surface area (Å²) in [7, 11) is 0. The third-order valence-corrected chi connectivity index (χ3v) is 6.40.